The van der Waals surface area contributed by atoms with Gasteiger partial charge in [-0.3, -0.25) is 0 Å². The summed E-state index contributed by atoms with van der Waals surface area (Å²) in [6, 6.07) is 10.0. The van der Waals surface area contributed by atoms with Crippen molar-refractivity contribution in [2.75, 3.05) is 19.8 Å². The third-order valence-corrected chi connectivity index (χ3v) is 2.55. The summed E-state index contributed by atoms with van der Waals surface area (Å²) in [5.41, 5.74) is 1.11. The lowest BCUT2D eigenvalue weighted by Crippen LogP contribution is -2.14. The maximum Gasteiger partial charge on any atom is 0.196 e. The van der Waals surface area contributed by atoms with Crippen LogP contribution in [0.5, 0.6) is 0 Å². The fourth-order valence-electron chi connectivity index (χ4n) is 1.45. The first kappa shape index (κ1) is 15.7. The molecule has 0 aromatic heterocycles. The molecule has 3 heteroatoms. The monoisotopic (exact) mass is 264 g/mol. The summed E-state index contributed by atoms with van der Waals surface area (Å²) in [7, 11) is 0. The third-order valence-electron chi connectivity index (χ3n) is 2.55. The molecule has 0 aliphatic heterocycles. The van der Waals surface area contributed by atoms with E-state index in [0.29, 0.717) is 13.2 Å². The van der Waals surface area contributed by atoms with Gasteiger partial charge in [-0.25, -0.2) is 0 Å². The Balaban J connectivity index is 2.04. The second kappa shape index (κ2) is 10.6. The van der Waals surface area contributed by atoms with Gasteiger partial charge >= 0.3 is 0 Å². The summed E-state index contributed by atoms with van der Waals surface area (Å²) >= 11 is 0. The Labute approximate surface area is 116 Å². The summed E-state index contributed by atoms with van der Waals surface area (Å²) in [5, 5.41) is 0. The van der Waals surface area contributed by atoms with Gasteiger partial charge in [0.1, 0.15) is 0 Å². The van der Waals surface area contributed by atoms with E-state index >= 15 is 0 Å². The molecule has 19 heavy (non-hydrogen) atoms. The summed E-state index contributed by atoms with van der Waals surface area (Å²) in [4.78, 5) is 0. The van der Waals surface area contributed by atoms with E-state index < -0.39 is 0 Å². The fourth-order valence-corrected chi connectivity index (χ4v) is 1.45. The van der Waals surface area contributed by atoms with E-state index in [1.807, 2.05) is 43.3 Å². The Kier molecular flexibility index (Phi) is 8.77. The van der Waals surface area contributed by atoms with Crippen LogP contribution in [-0.4, -0.2) is 26.1 Å². The molecule has 0 bridgehead atoms. The summed E-state index contributed by atoms with van der Waals surface area (Å²) in [6.45, 7) is 6.01. The van der Waals surface area contributed by atoms with Gasteiger partial charge in [-0.1, -0.05) is 43.7 Å². The zero-order chi connectivity index (χ0) is 13.8. The van der Waals surface area contributed by atoms with Gasteiger partial charge < -0.3 is 14.2 Å². The van der Waals surface area contributed by atoms with E-state index in [2.05, 4.69) is 6.92 Å². The summed E-state index contributed by atoms with van der Waals surface area (Å²) < 4.78 is 16.3. The second-order valence-corrected chi connectivity index (χ2v) is 4.25. The number of benzene rings is 1. The van der Waals surface area contributed by atoms with Crippen LogP contribution in [0.4, 0.5) is 0 Å². The Hall–Kier alpha value is -1.32. The average molecular weight is 264 g/mol. The van der Waals surface area contributed by atoms with Crippen molar-refractivity contribution in [3.8, 4) is 0 Å². The van der Waals surface area contributed by atoms with Crippen LogP contribution >= 0.6 is 0 Å². The Morgan fingerprint density at radius 1 is 1.11 bits per heavy atom. The highest BCUT2D eigenvalue weighted by Crippen LogP contribution is 2.02. The Bertz CT molecular complexity index is 335. The van der Waals surface area contributed by atoms with Crippen LogP contribution in [0.1, 0.15) is 32.3 Å². The van der Waals surface area contributed by atoms with Gasteiger partial charge in [-0.05, 0) is 25.0 Å². The van der Waals surface area contributed by atoms with Crippen molar-refractivity contribution in [3.63, 3.8) is 0 Å². The predicted octanol–water partition coefficient (Wildman–Crippen LogP) is 3.85. The Morgan fingerprint density at radius 2 is 1.89 bits per heavy atom. The first-order valence-corrected chi connectivity index (χ1v) is 6.89. The SMILES string of the molecule is CCCCOCCOC(C)OC=Cc1ccccc1. The molecule has 0 aliphatic carbocycles. The average Bonchev–Trinajstić information content (AvgIpc) is 2.44. The molecular formula is C16H24O3. The van der Waals surface area contributed by atoms with E-state index in [0.717, 1.165) is 25.0 Å². The van der Waals surface area contributed by atoms with E-state index in [-0.39, 0.29) is 6.29 Å². The molecule has 1 unspecified atom stereocenters. The molecule has 0 radical (unpaired) electrons. The standard InChI is InChI=1S/C16H24O3/c1-3-4-11-17-13-14-19-15(2)18-12-10-16-8-6-5-7-9-16/h5-10,12,15H,3-4,11,13-14H2,1-2H3. The molecule has 0 fully saturated rings. The minimum atomic E-state index is -0.255. The Morgan fingerprint density at radius 3 is 2.63 bits per heavy atom. The smallest absolute Gasteiger partial charge is 0.196 e. The lowest BCUT2D eigenvalue weighted by atomic mass is 10.2. The van der Waals surface area contributed by atoms with Crippen LogP contribution in [0.25, 0.3) is 6.08 Å². The van der Waals surface area contributed by atoms with Crippen LogP contribution in [0, 0.1) is 0 Å². The normalized spacial score (nSPS) is 12.7. The number of hydrogen-bond donors (Lipinski definition) is 0. The maximum atomic E-state index is 5.46. The highest BCUT2D eigenvalue weighted by molar-refractivity contribution is 5.47. The molecular weight excluding hydrogens is 240 g/mol. The van der Waals surface area contributed by atoms with Crippen LogP contribution in [0.15, 0.2) is 36.6 Å². The molecule has 1 atom stereocenters. The second-order valence-electron chi connectivity index (χ2n) is 4.25. The molecule has 0 saturated heterocycles. The highest BCUT2D eigenvalue weighted by Gasteiger charge is 1.99. The van der Waals surface area contributed by atoms with Gasteiger partial charge in [0, 0.05) is 6.61 Å². The molecule has 106 valence electrons. The lowest BCUT2D eigenvalue weighted by Gasteiger charge is -2.12. The van der Waals surface area contributed by atoms with Gasteiger partial charge in [0.25, 0.3) is 0 Å². The van der Waals surface area contributed by atoms with Crippen molar-refractivity contribution in [1.82, 2.24) is 0 Å². The molecule has 3 nitrogen and oxygen atoms in total. The third kappa shape index (κ3) is 8.41. The van der Waals surface area contributed by atoms with Gasteiger partial charge in [0.15, 0.2) is 6.29 Å². The topological polar surface area (TPSA) is 27.7 Å². The van der Waals surface area contributed by atoms with Crippen molar-refractivity contribution < 1.29 is 14.2 Å². The quantitative estimate of drug-likeness (QED) is 0.365. The molecule has 0 N–H and O–H groups in total. The van der Waals surface area contributed by atoms with Gasteiger partial charge in [-0.15, -0.1) is 0 Å². The zero-order valence-electron chi connectivity index (χ0n) is 11.9. The molecule has 0 saturated carbocycles. The number of ether oxygens (including phenoxy) is 3. The highest BCUT2D eigenvalue weighted by atomic mass is 16.7. The van der Waals surface area contributed by atoms with Crippen LogP contribution in [0.3, 0.4) is 0 Å². The number of rotatable bonds is 10. The van der Waals surface area contributed by atoms with Crippen molar-refractivity contribution in [2.45, 2.75) is 33.0 Å². The summed E-state index contributed by atoms with van der Waals surface area (Å²) in [5.74, 6) is 0. The molecule has 0 spiro atoms. The van der Waals surface area contributed by atoms with Crippen molar-refractivity contribution in [2.24, 2.45) is 0 Å². The van der Waals surface area contributed by atoms with Crippen molar-refractivity contribution in [3.05, 3.63) is 42.2 Å². The van der Waals surface area contributed by atoms with E-state index in [1.165, 1.54) is 0 Å². The van der Waals surface area contributed by atoms with Gasteiger partial charge in [-0.2, -0.15) is 0 Å². The predicted molar refractivity (Wildman–Crippen MR) is 77.7 cm³/mol. The van der Waals surface area contributed by atoms with Crippen LogP contribution < -0.4 is 0 Å². The fraction of sp³-hybridized carbons (Fsp3) is 0.500. The first-order chi connectivity index (χ1) is 9.33. The first-order valence-electron chi connectivity index (χ1n) is 6.89. The van der Waals surface area contributed by atoms with Gasteiger partial charge in [0.05, 0.1) is 19.5 Å². The molecule has 0 amide bonds. The minimum Gasteiger partial charge on any atom is -0.473 e. The molecule has 1 rings (SSSR count). The molecule has 0 aliphatic rings. The van der Waals surface area contributed by atoms with E-state index in [1.54, 1.807) is 6.26 Å². The molecule has 0 heterocycles. The molecule has 1 aromatic rings. The number of hydrogen-bond acceptors (Lipinski definition) is 3. The maximum absolute atomic E-state index is 5.46. The van der Waals surface area contributed by atoms with Crippen LogP contribution in [-0.2, 0) is 14.2 Å². The van der Waals surface area contributed by atoms with E-state index in [9.17, 15) is 0 Å². The minimum absolute atomic E-state index is 0.255. The van der Waals surface area contributed by atoms with Crippen LogP contribution in [0.2, 0.25) is 0 Å². The van der Waals surface area contributed by atoms with Crippen molar-refractivity contribution in [1.29, 1.82) is 0 Å². The van der Waals surface area contributed by atoms with Gasteiger partial charge in [0.2, 0.25) is 0 Å². The van der Waals surface area contributed by atoms with Crippen molar-refractivity contribution >= 4 is 6.08 Å². The van der Waals surface area contributed by atoms with E-state index in [4.69, 9.17) is 14.2 Å². The largest absolute Gasteiger partial charge is 0.473 e. The zero-order valence-corrected chi connectivity index (χ0v) is 11.9. The molecule has 1 aromatic carbocycles. The lowest BCUT2D eigenvalue weighted by molar-refractivity contribution is -0.105. The summed E-state index contributed by atoms with van der Waals surface area (Å²) in [6.07, 6.45) is 5.58. The number of unbranched alkanes of at least 4 members (excludes halogenated alkanes) is 1.